The normalized spacial score (nSPS) is 15.1. The van der Waals surface area contributed by atoms with Gasteiger partial charge in [-0.1, -0.05) is 0 Å². The van der Waals surface area contributed by atoms with Crippen LogP contribution >= 0.6 is 0 Å². The molecular weight excluding hydrogens is 198 g/mol. The summed E-state index contributed by atoms with van der Waals surface area (Å²) in [5.41, 5.74) is 5.25. The number of rotatable bonds is 4. The van der Waals surface area contributed by atoms with Gasteiger partial charge in [0.05, 0.1) is 0 Å². The maximum atomic E-state index is 9.21. The molecule has 1 aliphatic heterocycles. The van der Waals surface area contributed by atoms with Crippen LogP contribution in [0.5, 0.6) is 17.2 Å². The Kier molecular flexibility index (Phi) is 2.94. The number of hydrogen-bond acceptors (Lipinski definition) is 5. The van der Waals surface area contributed by atoms with Crippen molar-refractivity contribution in [3.05, 3.63) is 18.2 Å². The summed E-state index contributed by atoms with van der Waals surface area (Å²) < 4.78 is 15.7. The van der Waals surface area contributed by atoms with E-state index in [2.05, 4.69) is 0 Å². The summed E-state index contributed by atoms with van der Waals surface area (Å²) in [4.78, 5) is 0. The molecule has 0 fully saturated rings. The van der Waals surface area contributed by atoms with E-state index >= 15 is 0 Å². The van der Waals surface area contributed by atoms with E-state index in [9.17, 15) is 5.11 Å². The third kappa shape index (κ3) is 2.31. The van der Waals surface area contributed by atoms with Crippen LogP contribution in [-0.2, 0) is 0 Å². The molecule has 1 aromatic rings. The van der Waals surface area contributed by atoms with Crippen molar-refractivity contribution in [1.29, 1.82) is 0 Å². The minimum atomic E-state index is -0.643. The molecule has 1 heterocycles. The lowest BCUT2D eigenvalue weighted by molar-refractivity contribution is 0.114. The maximum absolute atomic E-state index is 9.21. The summed E-state index contributed by atoms with van der Waals surface area (Å²) in [6, 6.07) is 5.26. The molecule has 1 aromatic carbocycles. The standard InChI is InChI=1S/C10H13NO4/c11-4-7(12)5-13-8-1-2-9-10(3-8)15-6-14-9/h1-3,7,12H,4-6,11H2/t7-/m0/s1. The molecule has 5 nitrogen and oxygen atoms in total. The maximum Gasteiger partial charge on any atom is 0.231 e. The summed E-state index contributed by atoms with van der Waals surface area (Å²) in [6.07, 6.45) is -0.643. The van der Waals surface area contributed by atoms with Crippen LogP contribution in [-0.4, -0.2) is 31.2 Å². The second-order valence-corrected chi connectivity index (χ2v) is 3.22. The fourth-order valence-electron chi connectivity index (χ4n) is 1.23. The van der Waals surface area contributed by atoms with Crippen molar-refractivity contribution in [2.24, 2.45) is 5.73 Å². The van der Waals surface area contributed by atoms with Crippen molar-refractivity contribution in [2.75, 3.05) is 19.9 Å². The Balaban J connectivity index is 1.98. The molecule has 0 amide bonds. The van der Waals surface area contributed by atoms with Crippen molar-refractivity contribution < 1.29 is 19.3 Å². The summed E-state index contributed by atoms with van der Waals surface area (Å²) in [6.45, 7) is 0.602. The third-order valence-corrected chi connectivity index (χ3v) is 2.06. The zero-order chi connectivity index (χ0) is 10.7. The van der Waals surface area contributed by atoms with E-state index in [1.807, 2.05) is 0 Å². The first-order valence-electron chi connectivity index (χ1n) is 4.70. The van der Waals surface area contributed by atoms with Gasteiger partial charge in [-0.15, -0.1) is 0 Å². The monoisotopic (exact) mass is 211 g/mol. The van der Waals surface area contributed by atoms with Crippen molar-refractivity contribution in [3.8, 4) is 17.2 Å². The second kappa shape index (κ2) is 4.37. The molecule has 1 aliphatic rings. The Hall–Kier alpha value is -1.46. The first-order valence-corrected chi connectivity index (χ1v) is 4.70. The van der Waals surface area contributed by atoms with E-state index < -0.39 is 6.10 Å². The van der Waals surface area contributed by atoms with E-state index in [-0.39, 0.29) is 19.9 Å². The molecule has 3 N–H and O–H groups in total. The number of benzene rings is 1. The molecule has 0 aliphatic carbocycles. The van der Waals surface area contributed by atoms with Gasteiger partial charge < -0.3 is 25.1 Å². The average molecular weight is 211 g/mol. The molecule has 0 unspecified atom stereocenters. The van der Waals surface area contributed by atoms with Crippen molar-refractivity contribution in [1.82, 2.24) is 0 Å². The fraction of sp³-hybridized carbons (Fsp3) is 0.400. The minimum absolute atomic E-state index is 0.177. The summed E-state index contributed by atoms with van der Waals surface area (Å²) >= 11 is 0. The van der Waals surface area contributed by atoms with Gasteiger partial charge in [-0.25, -0.2) is 0 Å². The number of aliphatic hydroxyl groups is 1. The van der Waals surface area contributed by atoms with Gasteiger partial charge in [-0.2, -0.15) is 0 Å². The quantitative estimate of drug-likeness (QED) is 0.739. The molecule has 82 valence electrons. The van der Waals surface area contributed by atoms with E-state index in [0.29, 0.717) is 17.2 Å². The Morgan fingerprint density at radius 3 is 3.00 bits per heavy atom. The van der Waals surface area contributed by atoms with Crippen LogP contribution in [0.3, 0.4) is 0 Å². The summed E-state index contributed by atoms with van der Waals surface area (Å²) in [5.74, 6) is 2.00. The van der Waals surface area contributed by atoms with Gasteiger partial charge >= 0.3 is 0 Å². The van der Waals surface area contributed by atoms with E-state index in [1.54, 1.807) is 18.2 Å². The molecule has 0 spiro atoms. The second-order valence-electron chi connectivity index (χ2n) is 3.22. The van der Waals surface area contributed by atoms with Crippen molar-refractivity contribution >= 4 is 0 Å². The van der Waals surface area contributed by atoms with Gasteiger partial charge in [-0.3, -0.25) is 0 Å². The molecule has 0 saturated carbocycles. The van der Waals surface area contributed by atoms with Crippen LogP contribution < -0.4 is 19.9 Å². The number of aliphatic hydroxyl groups excluding tert-OH is 1. The predicted octanol–water partition coefficient (Wildman–Crippen LogP) is 0.114. The first-order chi connectivity index (χ1) is 7.29. The van der Waals surface area contributed by atoms with Crippen LogP contribution in [0.15, 0.2) is 18.2 Å². The molecule has 2 rings (SSSR count). The lowest BCUT2D eigenvalue weighted by Gasteiger charge is -2.10. The van der Waals surface area contributed by atoms with Crippen molar-refractivity contribution in [3.63, 3.8) is 0 Å². The molecule has 15 heavy (non-hydrogen) atoms. The fourth-order valence-corrected chi connectivity index (χ4v) is 1.23. The van der Waals surface area contributed by atoms with Gasteiger partial charge in [0, 0.05) is 12.6 Å². The average Bonchev–Trinajstić information content (AvgIpc) is 2.72. The first kappa shape index (κ1) is 10.1. The van der Waals surface area contributed by atoms with Gasteiger partial charge in [0.25, 0.3) is 0 Å². The molecule has 0 radical (unpaired) electrons. The molecule has 1 atom stereocenters. The zero-order valence-electron chi connectivity index (χ0n) is 8.18. The van der Waals surface area contributed by atoms with Crippen LogP contribution in [0.1, 0.15) is 0 Å². The smallest absolute Gasteiger partial charge is 0.231 e. The third-order valence-electron chi connectivity index (χ3n) is 2.06. The summed E-state index contributed by atoms with van der Waals surface area (Å²) in [7, 11) is 0. The van der Waals surface area contributed by atoms with Crippen LogP contribution in [0.2, 0.25) is 0 Å². The van der Waals surface area contributed by atoms with E-state index in [0.717, 1.165) is 0 Å². The Morgan fingerprint density at radius 2 is 2.20 bits per heavy atom. The highest BCUT2D eigenvalue weighted by Crippen LogP contribution is 2.34. The van der Waals surface area contributed by atoms with Crippen LogP contribution in [0.4, 0.5) is 0 Å². The van der Waals surface area contributed by atoms with Gasteiger partial charge in [0.15, 0.2) is 11.5 Å². The largest absolute Gasteiger partial charge is 0.491 e. The Morgan fingerprint density at radius 1 is 1.40 bits per heavy atom. The van der Waals surface area contributed by atoms with Gasteiger partial charge in [0.1, 0.15) is 18.5 Å². The predicted molar refractivity (Wildman–Crippen MR) is 53.1 cm³/mol. The molecule has 0 saturated heterocycles. The van der Waals surface area contributed by atoms with Crippen LogP contribution in [0.25, 0.3) is 0 Å². The zero-order valence-corrected chi connectivity index (χ0v) is 8.18. The minimum Gasteiger partial charge on any atom is -0.491 e. The van der Waals surface area contributed by atoms with Gasteiger partial charge in [-0.05, 0) is 12.1 Å². The lowest BCUT2D eigenvalue weighted by Crippen LogP contribution is -2.26. The molecule has 0 aromatic heterocycles. The summed E-state index contributed by atoms with van der Waals surface area (Å²) in [5, 5.41) is 9.21. The highest BCUT2D eigenvalue weighted by Gasteiger charge is 2.13. The van der Waals surface area contributed by atoms with Crippen molar-refractivity contribution in [2.45, 2.75) is 6.10 Å². The van der Waals surface area contributed by atoms with Gasteiger partial charge in [0.2, 0.25) is 6.79 Å². The van der Waals surface area contributed by atoms with E-state index in [4.69, 9.17) is 19.9 Å². The number of ether oxygens (including phenoxy) is 3. The molecule has 0 bridgehead atoms. The number of hydrogen-bond donors (Lipinski definition) is 2. The topological polar surface area (TPSA) is 73.9 Å². The van der Waals surface area contributed by atoms with Crippen LogP contribution in [0, 0.1) is 0 Å². The molecular formula is C10H13NO4. The number of fused-ring (bicyclic) bond motifs is 1. The number of nitrogens with two attached hydrogens (primary N) is 1. The SMILES string of the molecule is NC[C@H](O)COc1ccc2c(c1)OCO2. The van der Waals surface area contributed by atoms with E-state index in [1.165, 1.54) is 0 Å². The Labute approximate surface area is 87.4 Å². The highest BCUT2D eigenvalue weighted by molar-refractivity contribution is 5.46. The highest BCUT2D eigenvalue weighted by atomic mass is 16.7. The lowest BCUT2D eigenvalue weighted by atomic mass is 10.3. The Bertz CT molecular complexity index is 342. The molecule has 5 heteroatoms.